The molecule has 3 rings (SSSR count). The van der Waals surface area contributed by atoms with Crippen molar-refractivity contribution in [2.24, 2.45) is 0 Å². The molecule has 1 fully saturated rings. The molecule has 1 aromatic carbocycles. The maximum absolute atomic E-state index is 13.0. The number of likely N-dealkylation sites (tertiary alicyclic amines) is 1. The molecule has 0 aliphatic carbocycles. The highest BCUT2D eigenvalue weighted by Gasteiger charge is 2.42. The third-order valence-electron chi connectivity index (χ3n) is 6.52. The molecule has 1 saturated heterocycles. The van der Waals surface area contributed by atoms with Crippen LogP contribution in [-0.4, -0.2) is 103 Å². The molecular formula is C25H38N6O8. The van der Waals surface area contributed by atoms with E-state index >= 15 is 0 Å². The highest BCUT2D eigenvalue weighted by Crippen LogP contribution is 2.34. The van der Waals surface area contributed by atoms with Crippen molar-refractivity contribution in [3.8, 4) is 0 Å². The normalized spacial score (nSPS) is 15.6. The van der Waals surface area contributed by atoms with Crippen LogP contribution in [0.25, 0.3) is 0 Å². The SMILES string of the molecule is CCC(=O)N(c1ccccc1)C1(COC)CCN(CCn2nnn(CC)c2=O)CC1.O=C(O)CC(O)C(=O)O. The number of ether oxygens (including phenoxy) is 1. The number of hydrogen-bond acceptors (Lipinski definition) is 9. The Morgan fingerprint density at radius 1 is 1.05 bits per heavy atom. The first-order valence-electron chi connectivity index (χ1n) is 12.8. The van der Waals surface area contributed by atoms with E-state index in [0.29, 0.717) is 26.1 Å². The minimum absolute atomic E-state index is 0.106. The summed E-state index contributed by atoms with van der Waals surface area (Å²) in [5.74, 6) is -2.74. The Kier molecular flexibility index (Phi) is 12.2. The summed E-state index contributed by atoms with van der Waals surface area (Å²) in [6.45, 7) is 7.64. The lowest BCUT2D eigenvalue weighted by Gasteiger charge is -2.48. The average Bonchev–Trinajstić information content (AvgIpc) is 3.28. The topological polar surface area (TPSA) is 180 Å². The minimum atomic E-state index is -1.79. The van der Waals surface area contributed by atoms with E-state index in [2.05, 4.69) is 15.3 Å². The Morgan fingerprint density at radius 2 is 1.67 bits per heavy atom. The smallest absolute Gasteiger partial charge is 0.363 e. The molecule has 14 nitrogen and oxygen atoms in total. The van der Waals surface area contributed by atoms with Crippen molar-refractivity contribution in [1.29, 1.82) is 0 Å². The van der Waals surface area contributed by atoms with E-state index in [1.165, 1.54) is 9.36 Å². The molecule has 1 aromatic heterocycles. The summed E-state index contributed by atoms with van der Waals surface area (Å²) in [5, 5.41) is 32.0. The quantitative estimate of drug-likeness (QED) is 0.330. The Balaban J connectivity index is 0.000000510. The number of benzene rings is 1. The standard InChI is InChI=1S/C21H32N6O3.C4H6O5/c1-4-19(28)27(18-9-7-6-8-10-18)21(17-30-3)11-13-24(14-12-21)15-16-26-20(29)25(5-2)22-23-26;5-2(4(8)9)1-3(6)7/h6-10H,4-5,11-17H2,1-3H3;2,5H,1H2,(H,6,7)(H,8,9). The zero-order valence-corrected chi connectivity index (χ0v) is 22.6. The van der Waals surface area contributed by atoms with Crippen molar-refractivity contribution in [2.75, 3.05) is 38.3 Å². The first-order chi connectivity index (χ1) is 18.6. The van der Waals surface area contributed by atoms with Crippen molar-refractivity contribution < 1.29 is 34.4 Å². The number of tetrazole rings is 1. The summed E-state index contributed by atoms with van der Waals surface area (Å²) in [6.07, 6.45) is -0.492. The van der Waals surface area contributed by atoms with Crippen LogP contribution in [0, 0.1) is 0 Å². The van der Waals surface area contributed by atoms with Crippen LogP contribution in [-0.2, 0) is 32.2 Å². The number of anilines is 1. The van der Waals surface area contributed by atoms with E-state index in [-0.39, 0.29) is 17.1 Å². The van der Waals surface area contributed by atoms with Crippen LogP contribution in [0.15, 0.2) is 35.1 Å². The van der Waals surface area contributed by atoms with E-state index in [4.69, 9.17) is 20.1 Å². The van der Waals surface area contributed by atoms with Crippen LogP contribution in [0.5, 0.6) is 0 Å². The minimum Gasteiger partial charge on any atom is -0.481 e. The molecule has 1 aliphatic rings. The number of aliphatic hydroxyl groups is 1. The first-order valence-corrected chi connectivity index (χ1v) is 12.8. The molecule has 14 heteroatoms. The molecule has 1 amide bonds. The van der Waals surface area contributed by atoms with Crippen LogP contribution in [0.1, 0.15) is 39.5 Å². The number of aryl methyl sites for hydroxylation is 1. The molecule has 1 unspecified atom stereocenters. The van der Waals surface area contributed by atoms with Crippen LogP contribution >= 0.6 is 0 Å². The van der Waals surface area contributed by atoms with Gasteiger partial charge in [0.15, 0.2) is 6.10 Å². The van der Waals surface area contributed by atoms with Crippen molar-refractivity contribution in [2.45, 2.75) is 64.3 Å². The van der Waals surface area contributed by atoms with Crippen LogP contribution in [0.2, 0.25) is 0 Å². The summed E-state index contributed by atoms with van der Waals surface area (Å²) >= 11 is 0. The number of nitrogens with zero attached hydrogens (tertiary/aromatic N) is 6. The number of aliphatic carboxylic acids is 2. The third-order valence-corrected chi connectivity index (χ3v) is 6.52. The fourth-order valence-corrected chi connectivity index (χ4v) is 4.45. The number of hydrogen-bond donors (Lipinski definition) is 3. The number of piperidine rings is 1. The monoisotopic (exact) mass is 550 g/mol. The third kappa shape index (κ3) is 8.70. The molecule has 0 spiro atoms. The second-order valence-electron chi connectivity index (χ2n) is 9.17. The van der Waals surface area contributed by atoms with Gasteiger partial charge in [0.1, 0.15) is 0 Å². The lowest BCUT2D eigenvalue weighted by atomic mass is 9.85. The zero-order chi connectivity index (χ0) is 29.0. The van der Waals surface area contributed by atoms with E-state index in [0.717, 1.165) is 38.2 Å². The summed E-state index contributed by atoms with van der Waals surface area (Å²) in [5.41, 5.74) is 0.367. The zero-order valence-electron chi connectivity index (χ0n) is 22.6. The lowest BCUT2D eigenvalue weighted by Crippen LogP contribution is -2.60. The molecule has 1 aliphatic heterocycles. The summed E-state index contributed by atoms with van der Waals surface area (Å²) in [7, 11) is 1.69. The predicted octanol–water partition coefficient (Wildman–Crippen LogP) is 0.291. The van der Waals surface area contributed by atoms with Crippen LogP contribution in [0.3, 0.4) is 0 Å². The molecule has 3 N–H and O–H groups in total. The van der Waals surface area contributed by atoms with Gasteiger partial charge in [0, 0.05) is 45.4 Å². The molecular weight excluding hydrogens is 512 g/mol. The summed E-state index contributed by atoms with van der Waals surface area (Å²) in [4.78, 5) is 48.8. The van der Waals surface area contributed by atoms with Gasteiger partial charge in [-0.05, 0) is 42.3 Å². The van der Waals surface area contributed by atoms with Gasteiger partial charge >= 0.3 is 17.6 Å². The maximum Gasteiger partial charge on any atom is 0.363 e. The number of carbonyl (C=O) groups excluding carboxylic acids is 1. The van der Waals surface area contributed by atoms with Gasteiger partial charge in [0.25, 0.3) is 0 Å². The van der Waals surface area contributed by atoms with E-state index < -0.39 is 24.5 Å². The Morgan fingerprint density at radius 3 is 2.13 bits per heavy atom. The van der Waals surface area contributed by atoms with Gasteiger partial charge in [0.05, 0.1) is 25.1 Å². The Bertz CT molecular complexity index is 1130. The van der Waals surface area contributed by atoms with Gasteiger partial charge in [-0.3, -0.25) is 9.59 Å². The molecule has 0 bridgehead atoms. The number of carboxylic acids is 2. The molecule has 0 radical (unpaired) electrons. The predicted molar refractivity (Wildman–Crippen MR) is 140 cm³/mol. The van der Waals surface area contributed by atoms with Gasteiger partial charge in [0.2, 0.25) is 5.91 Å². The van der Waals surface area contributed by atoms with Crippen molar-refractivity contribution >= 4 is 23.5 Å². The molecule has 39 heavy (non-hydrogen) atoms. The number of rotatable bonds is 12. The van der Waals surface area contributed by atoms with Crippen molar-refractivity contribution in [3.05, 3.63) is 40.8 Å². The van der Waals surface area contributed by atoms with Crippen LogP contribution < -0.4 is 10.6 Å². The summed E-state index contributed by atoms with van der Waals surface area (Å²) < 4.78 is 8.37. The maximum atomic E-state index is 13.0. The number of aromatic nitrogens is 4. The molecule has 2 heterocycles. The Hall–Kier alpha value is -3.62. The van der Waals surface area contributed by atoms with Gasteiger partial charge in [-0.2, -0.15) is 9.36 Å². The number of methoxy groups -OCH3 is 1. The Labute approximate surface area is 226 Å². The number of amides is 1. The molecule has 216 valence electrons. The van der Waals surface area contributed by atoms with Crippen LogP contribution in [0.4, 0.5) is 5.69 Å². The molecule has 0 saturated carbocycles. The summed E-state index contributed by atoms with van der Waals surface area (Å²) in [6, 6.07) is 9.85. The van der Waals surface area contributed by atoms with Gasteiger partial charge in [-0.25, -0.2) is 9.59 Å². The van der Waals surface area contributed by atoms with Gasteiger partial charge in [-0.15, -0.1) is 0 Å². The number of aliphatic hydroxyl groups excluding tert-OH is 1. The highest BCUT2D eigenvalue weighted by molar-refractivity contribution is 5.94. The lowest BCUT2D eigenvalue weighted by molar-refractivity contribution is -0.152. The fraction of sp³-hybridized carbons (Fsp3) is 0.600. The van der Waals surface area contributed by atoms with Gasteiger partial charge in [-0.1, -0.05) is 25.1 Å². The van der Waals surface area contributed by atoms with Crippen molar-refractivity contribution in [3.63, 3.8) is 0 Å². The van der Waals surface area contributed by atoms with E-state index in [1.54, 1.807) is 7.11 Å². The highest BCUT2D eigenvalue weighted by atomic mass is 16.5. The molecule has 1 atom stereocenters. The number of para-hydroxylation sites is 1. The largest absolute Gasteiger partial charge is 0.481 e. The number of carboxylic acid groups (broad SMARTS) is 2. The second-order valence-corrected chi connectivity index (χ2v) is 9.17. The van der Waals surface area contributed by atoms with E-state index in [9.17, 15) is 19.2 Å². The second kappa shape index (κ2) is 15.1. The molecule has 2 aromatic rings. The number of carbonyl (C=O) groups is 3. The average molecular weight is 551 g/mol. The van der Waals surface area contributed by atoms with E-state index in [1.807, 2.05) is 49.1 Å². The fourth-order valence-electron chi connectivity index (χ4n) is 4.45. The first kappa shape index (κ1) is 31.6. The van der Waals surface area contributed by atoms with Crippen molar-refractivity contribution in [1.82, 2.24) is 24.7 Å². The van der Waals surface area contributed by atoms with Gasteiger partial charge < -0.3 is 29.9 Å².